The van der Waals surface area contributed by atoms with E-state index in [0.717, 1.165) is 44.3 Å². The van der Waals surface area contributed by atoms with E-state index >= 15 is 0 Å². The van der Waals surface area contributed by atoms with E-state index in [0.29, 0.717) is 36.7 Å². The average molecular weight is 459 g/mol. The van der Waals surface area contributed by atoms with E-state index in [1.165, 1.54) is 4.31 Å². The second-order valence-electron chi connectivity index (χ2n) is 8.37. The molecule has 1 unspecified atom stereocenters. The Kier molecular flexibility index (Phi) is 7.13. The highest BCUT2D eigenvalue weighted by atomic mass is 32.2. The SMILES string of the molecule is Cc1ccc(S(=O)(=O)N2CCCCC2)cc1NC(=O)c1ccc(OCC2CCCO2)cc1. The van der Waals surface area contributed by atoms with Crippen molar-refractivity contribution in [2.75, 3.05) is 31.6 Å². The van der Waals surface area contributed by atoms with Crippen LogP contribution in [0, 0.1) is 6.92 Å². The van der Waals surface area contributed by atoms with Crippen LogP contribution >= 0.6 is 0 Å². The lowest BCUT2D eigenvalue weighted by Crippen LogP contribution is -2.35. The van der Waals surface area contributed by atoms with Gasteiger partial charge in [-0.3, -0.25) is 4.79 Å². The molecule has 2 saturated heterocycles. The van der Waals surface area contributed by atoms with Gasteiger partial charge < -0.3 is 14.8 Å². The van der Waals surface area contributed by atoms with E-state index in [1.807, 2.05) is 6.92 Å². The molecule has 8 heteroatoms. The molecule has 2 fully saturated rings. The summed E-state index contributed by atoms with van der Waals surface area (Å²) in [6.07, 6.45) is 5.01. The molecule has 2 aromatic carbocycles. The van der Waals surface area contributed by atoms with Crippen molar-refractivity contribution in [3.05, 3.63) is 53.6 Å². The van der Waals surface area contributed by atoms with Crippen LogP contribution in [0.4, 0.5) is 5.69 Å². The predicted octanol–water partition coefficient (Wildman–Crippen LogP) is 3.98. The lowest BCUT2D eigenvalue weighted by molar-refractivity contribution is 0.0679. The van der Waals surface area contributed by atoms with Crippen molar-refractivity contribution < 1.29 is 22.7 Å². The molecule has 0 aliphatic carbocycles. The molecule has 0 aromatic heterocycles. The van der Waals surface area contributed by atoms with Crippen LogP contribution in [0.15, 0.2) is 47.4 Å². The Morgan fingerprint density at radius 1 is 1.09 bits per heavy atom. The summed E-state index contributed by atoms with van der Waals surface area (Å²) < 4.78 is 38.8. The van der Waals surface area contributed by atoms with E-state index in [1.54, 1.807) is 42.5 Å². The molecule has 2 aromatic rings. The highest BCUT2D eigenvalue weighted by Gasteiger charge is 2.26. The van der Waals surface area contributed by atoms with Crippen LogP contribution in [0.1, 0.15) is 48.0 Å². The maximum atomic E-state index is 13.0. The predicted molar refractivity (Wildman–Crippen MR) is 123 cm³/mol. The Labute approximate surface area is 189 Å². The maximum absolute atomic E-state index is 13.0. The van der Waals surface area contributed by atoms with Crippen molar-refractivity contribution in [2.24, 2.45) is 0 Å². The summed E-state index contributed by atoms with van der Waals surface area (Å²) in [6, 6.07) is 11.8. The van der Waals surface area contributed by atoms with Gasteiger partial charge in [0.25, 0.3) is 5.91 Å². The summed E-state index contributed by atoms with van der Waals surface area (Å²) >= 11 is 0. The van der Waals surface area contributed by atoms with Crippen LogP contribution in [0.2, 0.25) is 0 Å². The molecule has 4 rings (SSSR count). The van der Waals surface area contributed by atoms with Gasteiger partial charge in [0.2, 0.25) is 10.0 Å². The minimum Gasteiger partial charge on any atom is -0.491 e. The van der Waals surface area contributed by atoms with E-state index in [-0.39, 0.29) is 16.9 Å². The number of hydrogen-bond acceptors (Lipinski definition) is 5. The number of sulfonamides is 1. The van der Waals surface area contributed by atoms with E-state index in [4.69, 9.17) is 9.47 Å². The number of carbonyl (C=O) groups is 1. The van der Waals surface area contributed by atoms with Crippen molar-refractivity contribution in [2.45, 2.75) is 50.0 Å². The number of aryl methyl sites for hydroxylation is 1. The summed E-state index contributed by atoms with van der Waals surface area (Å²) in [4.78, 5) is 13.0. The van der Waals surface area contributed by atoms with Crippen LogP contribution < -0.4 is 10.1 Å². The number of amides is 1. The third kappa shape index (κ3) is 5.31. The summed E-state index contributed by atoms with van der Waals surface area (Å²) in [5.74, 6) is 0.383. The summed E-state index contributed by atoms with van der Waals surface area (Å²) in [6.45, 7) is 4.21. The lowest BCUT2D eigenvalue weighted by atomic mass is 10.1. The monoisotopic (exact) mass is 458 g/mol. The largest absolute Gasteiger partial charge is 0.491 e. The molecule has 0 saturated carbocycles. The number of hydrogen-bond donors (Lipinski definition) is 1. The van der Waals surface area contributed by atoms with Crippen molar-refractivity contribution in [3.8, 4) is 5.75 Å². The Morgan fingerprint density at radius 2 is 1.84 bits per heavy atom. The molecule has 172 valence electrons. The Morgan fingerprint density at radius 3 is 2.53 bits per heavy atom. The Balaban J connectivity index is 1.42. The minimum atomic E-state index is -3.57. The molecule has 32 heavy (non-hydrogen) atoms. The maximum Gasteiger partial charge on any atom is 0.255 e. The summed E-state index contributed by atoms with van der Waals surface area (Å²) in [5.41, 5.74) is 1.76. The standard InChI is InChI=1S/C24H30N2O5S/c1-18-7-12-22(32(28,29)26-13-3-2-4-14-26)16-23(18)25-24(27)19-8-10-20(11-9-19)31-17-21-6-5-15-30-21/h7-12,16,21H,2-6,13-15,17H2,1H3,(H,25,27). The Bertz CT molecular complexity index is 1040. The third-order valence-corrected chi connectivity index (χ3v) is 7.88. The first-order valence-corrected chi connectivity index (χ1v) is 12.6. The van der Waals surface area contributed by atoms with Crippen LogP contribution in [-0.2, 0) is 14.8 Å². The summed E-state index contributed by atoms with van der Waals surface area (Å²) in [5, 5.41) is 2.86. The van der Waals surface area contributed by atoms with Gasteiger partial charge in [-0.05, 0) is 74.6 Å². The molecule has 2 heterocycles. The van der Waals surface area contributed by atoms with Crippen molar-refractivity contribution >= 4 is 21.6 Å². The zero-order chi connectivity index (χ0) is 22.6. The van der Waals surface area contributed by atoms with Gasteiger partial charge in [-0.2, -0.15) is 4.31 Å². The summed E-state index contributed by atoms with van der Waals surface area (Å²) in [7, 11) is -3.57. The lowest BCUT2D eigenvalue weighted by Gasteiger charge is -2.26. The number of benzene rings is 2. The van der Waals surface area contributed by atoms with E-state index in [9.17, 15) is 13.2 Å². The van der Waals surface area contributed by atoms with Gasteiger partial charge in [0, 0.05) is 30.9 Å². The van der Waals surface area contributed by atoms with Crippen LogP contribution in [0.25, 0.3) is 0 Å². The molecule has 1 amide bonds. The van der Waals surface area contributed by atoms with E-state index < -0.39 is 10.0 Å². The van der Waals surface area contributed by atoms with Gasteiger partial charge in [0.05, 0.1) is 11.0 Å². The molecule has 2 aliphatic rings. The van der Waals surface area contributed by atoms with Crippen LogP contribution in [0.3, 0.4) is 0 Å². The van der Waals surface area contributed by atoms with Gasteiger partial charge >= 0.3 is 0 Å². The molecular formula is C24H30N2O5S. The zero-order valence-electron chi connectivity index (χ0n) is 18.4. The highest BCUT2D eigenvalue weighted by molar-refractivity contribution is 7.89. The molecule has 0 bridgehead atoms. The first-order valence-electron chi connectivity index (χ1n) is 11.2. The molecule has 7 nitrogen and oxygen atoms in total. The number of ether oxygens (including phenoxy) is 2. The zero-order valence-corrected chi connectivity index (χ0v) is 19.2. The molecule has 2 aliphatic heterocycles. The van der Waals surface area contributed by atoms with Crippen LogP contribution in [-0.4, -0.2) is 51.0 Å². The second-order valence-corrected chi connectivity index (χ2v) is 10.3. The first kappa shape index (κ1) is 22.8. The van der Waals surface area contributed by atoms with Crippen molar-refractivity contribution in [1.29, 1.82) is 0 Å². The van der Waals surface area contributed by atoms with Gasteiger partial charge in [-0.15, -0.1) is 0 Å². The molecular weight excluding hydrogens is 428 g/mol. The van der Waals surface area contributed by atoms with Gasteiger partial charge in [-0.25, -0.2) is 8.42 Å². The average Bonchev–Trinajstić information content (AvgIpc) is 3.33. The van der Waals surface area contributed by atoms with Gasteiger partial charge in [-0.1, -0.05) is 12.5 Å². The van der Waals surface area contributed by atoms with Crippen LogP contribution in [0.5, 0.6) is 5.75 Å². The Hall–Kier alpha value is -2.42. The van der Waals surface area contributed by atoms with E-state index in [2.05, 4.69) is 5.32 Å². The number of rotatable bonds is 7. The molecule has 0 radical (unpaired) electrons. The third-order valence-electron chi connectivity index (χ3n) is 5.99. The first-order chi connectivity index (χ1) is 15.4. The number of anilines is 1. The number of nitrogens with one attached hydrogen (secondary N) is 1. The number of piperidine rings is 1. The fraction of sp³-hybridized carbons (Fsp3) is 0.458. The quantitative estimate of drug-likeness (QED) is 0.678. The fourth-order valence-corrected chi connectivity index (χ4v) is 5.56. The highest BCUT2D eigenvalue weighted by Crippen LogP contribution is 2.26. The van der Waals surface area contributed by atoms with Crippen molar-refractivity contribution in [3.63, 3.8) is 0 Å². The topological polar surface area (TPSA) is 84.9 Å². The fourth-order valence-electron chi connectivity index (χ4n) is 4.01. The molecule has 1 N–H and O–H groups in total. The number of nitrogens with zero attached hydrogens (tertiary/aromatic N) is 1. The van der Waals surface area contributed by atoms with Crippen molar-refractivity contribution in [1.82, 2.24) is 4.31 Å². The molecule has 0 spiro atoms. The molecule has 1 atom stereocenters. The second kappa shape index (κ2) is 10.0. The smallest absolute Gasteiger partial charge is 0.255 e. The number of carbonyl (C=O) groups excluding carboxylic acids is 1. The normalized spacial score (nSPS) is 19.6. The van der Waals surface area contributed by atoms with Gasteiger partial charge in [0.15, 0.2) is 0 Å². The minimum absolute atomic E-state index is 0.134. The van der Waals surface area contributed by atoms with Gasteiger partial charge in [0.1, 0.15) is 12.4 Å².